The van der Waals surface area contributed by atoms with Gasteiger partial charge in [-0.05, 0) is 25.0 Å². The molecule has 0 aliphatic heterocycles. The Balaban J connectivity index is 2.31. The van der Waals surface area contributed by atoms with E-state index in [9.17, 15) is 0 Å². The smallest absolute Gasteiger partial charge is 0.238 e. The van der Waals surface area contributed by atoms with Gasteiger partial charge in [0, 0.05) is 13.1 Å². The Kier molecular flexibility index (Phi) is 2.46. The highest BCUT2D eigenvalue weighted by atomic mass is 16.5. The number of nitrogens with zero attached hydrogens (tertiary/aromatic N) is 2. The van der Waals surface area contributed by atoms with E-state index < -0.39 is 0 Å². The fourth-order valence-corrected chi connectivity index (χ4v) is 1.47. The van der Waals surface area contributed by atoms with E-state index in [2.05, 4.69) is 11.3 Å². The average Bonchev–Trinajstić information content (AvgIpc) is 2.58. The van der Waals surface area contributed by atoms with Gasteiger partial charge in [0.15, 0.2) is 0 Å². The Bertz CT molecular complexity index is 454. The van der Waals surface area contributed by atoms with Gasteiger partial charge in [0.1, 0.15) is 5.75 Å². The van der Waals surface area contributed by atoms with Crippen LogP contribution >= 0.6 is 0 Å². The predicted molar refractivity (Wildman–Crippen MR) is 58.0 cm³/mol. The van der Waals surface area contributed by atoms with Crippen molar-refractivity contribution in [2.75, 3.05) is 0 Å². The zero-order valence-electron chi connectivity index (χ0n) is 9.11. The van der Waals surface area contributed by atoms with Crippen LogP contribution in [0.5, 0.6) is 11.6 Å². The molecule has 0 atom stereocenters. The highest BCUT2D eigenvalue weighted by Crippen LogP contribution is 2.26. The summed E-state index contributed by atoms with van der Waals surface area (Å²) in [6.45, 7) is 4.05. The standard InChI is InChI=1S/C12H13N2O/c1-9-5-4-6-10(2)12(9)15-11-7-8-14(3)13-11/h4-7H,1-3H3. The minimum absolute atomic E-state index is 0.579. The van der Waals surface area contributed by atoms with E-state index in [4.69, 9.17) is 4.74 Å². The monoisotopic (exact) mass is 201 g/mol. The number of aryl methyl sites for hydroxylation is 3. The van der Waals surface area contributed by atoms with Gasteiger partial charge >= 0.3 is 0 Å². The van der Waals surface area contributed by atoms with Crippen LogP contribution < -0.4 is 4.74 Å². The van der Waals surface area contributed by atoms with Crippen LogP contribution in [-0.4, -0.2) is 9.78 Å². The summed E-state index contributed by atoms with van der Waals surface area (Å²) in [7, 11) is 1.82. The number of hydrogen-bond acceptors (Lipinski definition) is 2. The first-order valence-corrected chi connectivity index (χ1v) is 4.82. The Morgan fingerprint density at radius 2 is 1.93 bits per heavy atom. The van der Waals surface area contributed by atoms with Crippen LogP contribution in [0.25, 0.3) is 0 Å². The summed E-state index contributed by atoms with van der Waals surface area (Å²) in [5.74, 6) is 1.46. The van der Waals surface area contributed by atoms with E-state index in [1.54, 1.807) is 10.7 Å². The van der Waals surface area contributed by atoms with E-state index in [0.717, 1.165) is 16.9 Å². The molecule has 0 bridgehead atoms. The number of hydrogen-bond donors (Lipinski definition) is 0. The van der Waals surface area contributed by atoms with Crippen LogP contribution in [0.15, 0.2) is 24.3 Å². The van der Waals surface area contributed by atoms with E-state index >= 15 is 0 Å². The van der Waals surface area contributed by atoms with Crippen LogP contribution in [0.1, 0.15) is 11.1 Å². The normalized spacial score (nSPS) is 10.3. The van der Waals surface area contributed by atoms with Crippen molar-refractivity contribution >= 4 is 0 Å². The molecule has 1 heterocycles. The molecule has 0 spiro atoms. The van der Waals surface area contributed by atoms with E-state index in [1.807, 2.05) is 39.1 Å². The Morgan fingerprint density at radius 3 is 2.47 bits per heavy atom. The van der Waals surface area contributed by atoms with Crippen molar-refractivity contribution < 1.29 is 4.74 Å². The molecule has 0 unspecified atom stereocenters. The molecule has 0 fully saturated rings. The average molecular weight is 201 g/mol. The minimum Gasteiger partial charge on any atom is -0.437 e. The number of rotatable bonds is 2. The summed E-state index contributed by atoms with van der Waals surface area (Å²) in [5, 5.41) is 4.13. The van der Waals surface area contributed by atoms with Crippen molar-refractivity contribution in [3.8, 4) is 11.6 Å². The van der Waals surface area contributed by atoms with Crippen molar-refractivity contribution in [3.63, 3.8) is 0 Å². The van der Waals surface area contributed by atoms with Crippen LogP contribution in [0.2, 0.25) is 0 Å². The molecule has 1 radical (unpaired) electrons. The molecule has 0 N–H and O–H groups in total. The molecule has 77 valence electrons. The maximum atomic E-state index is 5.70. The molecular weight excluding hydrogens is 188 g/mol. The summed E-state index contributed by atoms with van der Waals surface area (Å²) in [4.78, 5) is 0. The molecule has 1 aromatic heterocycles. The van der Waals surface area contributed by atoms with Crippen LogP contribution in [0, 0.1) is 20.0 Å². The van der Waals surface area contributed by atoms with Gasteiger partial charge in [-0.1, -0.05) is 18.2 Å². The second-order valence-corrected chi connectivity index (χ2v) is 3.56. The molecule has 3 heteroatoms. The van der Waals surface area contributed by atoms with Crippen molar-refractivity contribution in [3.05, 3.63) is 41.6 Å². The van der Waals surface area contributed by atoms with Gasteiger partial charge in [0.2, 0.25) is 5.88 Å². The molecule has 0 saturated carbocycles. The van der Waals surface area contributed by atoms with Gasteiger partial charge in [-0.25, -0.2) is 0 Å². The third-order valence-electron chi connectivity index (χ3n) is 2.24. The molecule has 3 nitrogen and oxygen atoms in total. The van der Waals surface area contributed by atoms with Crippen LogP contribution in [0.4, 0.5) is 0 Å². The summed E-state index contributed by atoms with van der Waals surface area (Å²) in [6, 6.07) is 7.79. The highest BCUT2D eigenvalue weighted by molar-refractivity contribution is 5.41. The SMILES string of the molecule is Cc1cccc(C)c1Oc1c[c]n(C)n1. The molecule has 2 aromatic rings. The maximum absolute atomic E-state index is 5.70. The molecule has 0 saturated heterocycles. The van der Waals surface area contributed by atoms with Crippen molar-refractivity contribution in [1.82, 2.24) is 9.78 Å². The van der Waals surface area contributed by atoms with Crippen molar-refractivity contribution in [2.24, 2.45) is 7.05 Å². The molecule has 1 aromatic carbocycles. The lowest BCUT2D eigenvalue weighted by molar-refractivity contribution is 0.447. The maximum Gasteiger partial charge on any atom is 0.238 e. The number of benzene rings is 1. The lowest BCUT2D eigenvalue weighted by atomic mass is 10.1. The summed E-state index contributed by atoms with van der Waals surface area (Å²) in [5.41, 5.74) is 2.22. The van der Waals surface area contributed by atoms with Crippen molar-refractivity contribution in [1.29, 1.82) is 0 Å². The van der Waals surface area contributed by atoms with Gasteiger partial charge in [-0.3, -0.25) is 4.68 Å². The zero-order chi connectivity index (χ0) is 10.8. The minimum atomic E-state index is 0.579. The Morgan fingerprint density at radius 1 is 1.27 bits per heavy atom. The fourth-order valence-electron chi connectivity index (χ4n) is 1.47. The van der Waals surface area contributed by atoms with E-state index in [0.29, 0.717) is 5.88 Å². The quantitative estimate of drug-likeness (QED) is 0.746. The predicted octanol–water partition coefficient (Wildman–Crippen LogP) is 2.63. The van der Waals surface area contributed by atoms with Gasteiger partial charge < -0.3 is 4.74 Å². The van der Waals surface area contributed by atoms with Crippen LogP contribution in [0.3, 0.4) is 0 Å². The number of ether oxygens (including phenoxy) is 1. The second-order valence-electron chi connectivity index (χ2n) is 3.56. The molecule has 0 aliphatic rings. The first-order chi connectivity index (χ1) is 7.16. The summed E-state index contributed by atoms with van der Waals surface area (Å²) < 4.78 is 7.30. The molecule has 0 amide bonds. The summed E-state index contributed by atoms with van der Waals surface area (Å²) >= 11 is 0. The molecular formula is C12H13N2O. The van der Waals surface area contributed by atoms with E-state index in [-0.39, 0.29) is 0 Å². The van der Waals surface area contributed by atoms with Crippen LogP contribution in [-0.2, 0) is 7.05 Å². The molecule has 2 rings (SSSR count). The zero-order valence-corrected chi connectivity index (χ0v) is 9.11. The lowest BCUT2D eigenvalue weighted by Gasteiger charge is -2.08. The first kappa shape index (κ1) is 9.77. The van der Waals surface area contributed by atoms with Crippen molar-refractivity contribution in [2.45, 2.75) is 13.8 Å². The molecule has 0 aliphatic carbocycles. The van der Waals surface area contributed by atoms with E-state index in [1.165, 1.54) is 0 Å². The lowest BCUT2D eigenvalue weighted by Crippen LogP contribution is -1.93. The van der Waals surface area contributed by atoms with Gasteiger partial charge in [-0.15, -0.1) is 5.10 Å². The van der Waals surface area contributed by atoms with Gasteiger partial charge in [0.05, 0.1) is 6.20 Å². The third-order valence-corrected chi connectivity index (χ3v) is 2.24. The second kappa shape index (κ2) is 3.77. The first-order valence-electron chi connectivity index (χ1n) is 4.82. The fraction of sp³-hybridized carbons (Fsp3) is 0.250. The Hall–Kier alpha value is -1.77. The third kappa shape index (κ3) is 2.01. The largest absolute Gasteiger partial charge is 0.437 e. The number of aromatic nitrogens is 2. The summed E-state index contributed by atoms with van der Waals surface area (Å²) in [6.07, 6.45) is 2.91. The molecule has 15 heavy (non-hydrogen) atoms. The topological polar surface area (TPSA) is 27.1 Å². The highest BCUT2D eigenvalue weighted by Gasteiger charge is 2.06. The Labute approximate surface area is 89.3 Å². The van der Waals surface area contributed by atoms with Gasteiger partial charge in [0.25, 0.3) is 0 Å². The number of para-hydroxylation sites is 1. The van der Waals surface area contributed by atoms with Gasteiger partial charge in [-0.2, -0.15) is 0 Å².